The Bertz CT molecular complexity index is 428. The molecule has 1 rings (SSSR count). The number of halogens is 1. The fourth-order valence-corrected chi connectivity index (χ4v) is 3.17. The minimum Gasteiger partial charge on any atom is -0.481 e. The molecule has 2 atom stereocenters. The van der Waals surface area contributed by atoms with Crippen LogP contribution < -0.4 is 0 Å². The number of carboxylic acid groups (broad SMARTS) is 1. The van der Waals surface area contributed by atoms with E-state index in [-0.39, 0.29) is 0 Å². The van der Waals surface area contributed by atoms with Gasteiger partial charge in [0.15, 0.2) is 8.32 Å². The first kappa shape index (κ1) is 15.4. The number of carbonyl (C=O) groups is 1. The summed E-state index contributed by atoms with van der Waals surface area (Å²) in [7, 11) is -1.81. The van der Waals surface area contributed by atoms with Gasteiger partial charge >= 0.3 is 5.97 Å². The standard InChI is InChI=1S/C13H19BrO3Si/c1-9(13(15)16)12(17-18(2,3)4)10-6-5-7-11(14)8-10/h5-9,12H,1-4H3,(H,15,16)/t9-,12+/m1/s1. The first-order valence-electron chi connectivity index (χ1n) is 5.87. The normalized spacial score (nSPS) is 15.2. The largest absolute Gasteiger partial charge is 0.481 e. The maximum atomic E-state index is 11.2. The second-order valence-electron chi connectivity index (χ2n) is 5.33. The molecule has 100 valence electrons. The molecule has 3 nitrogen and oxygen atoms in total. The lowest BCUT2D eigenvalue weighted by molar-refractivity contribution is -0.144. The summed E-state index contributed by atoms with van der Waals surface area (Å²) in [6.45, 7) is 7.87. The molecule has 1 N–H and O–H groups in total. The minimum absolute atomic E-state index is 0.397. The zero-order valence-electron chi connectivity index (χ0n) is 11.1. The van der Waals surface area contributed by atoms with Crippen LogP contribution in [0, 0.1) is 5.92 Å². The van der Waals surface area contributed by atoms with Crippen molar-refractivity contribution in [1.82, 2.24) is 0 Å². The Morgan fingerprint density at radius 2 is 2.00 bits per heavy atom. The second-order valence-corrected chi connectivity index (χ2v) is 10.7. The number of carboxylic acids is 1. The molecule has 0 aromatic heterocycles. The van der Waals surface area contributed by atoms with Crippen molar-refractivity contribution in [2.24, 2.45) is 5.92 Å². The van der Waals surface area contributed by atoms with Crippen LogP contribution in [0.5, 0.6) is 0 Å². The van der Waals surface area contributed by atoms with Gasteiger partial charge in [0.1, 0.15) is 0 Å². The van der Waals surface area contributed by atoms with Crippen molar-refractivity contribution in [2.75, 3.05) is 0 Å². The van der Waals surface area contributed by atoms with E-state index in [2.05, 4.69) is 35.6 Å². The van der Waals surface area contributed by atoms with Gasteiger partial charge in [-0.05, 0) is 44.3 Å². The van der Waals surface area contributed by atoms with Crippen molar-refractivity contribution < 1.29 is 14.3 Å². The molecule has 0 aliphatic heterocycles. The smallest absolute Gasteiger partial charge is 0.309 e. The van der Waals surface area contributed by atoms with E-state index in [0.29, 0.717) is 0 Å². The van der Waals surface area contributed by atoms with E-state index in [4.69, 9.17) is 4.43 Å². The molecule has 0 saturated carbocycles. The van der Waals surface area contributed by atoms with Gasteiger partial charge in [0, 0.05) is 4.47 Å². The van der Waals surface area contributed by atoms with Crippen LogP contribution in [-0.4, -0.2) is 19.4 Å². The summed E-state index contributed by atoms with van der Waals surface area (Å²) in [5.74, 6) is -1.40. The van der Waals surface area contributed by atoms with Gasteiger partial charge in [-0.3, -0.25) is 4.79 Å². The van der Waals surface area contributed by atoms with Crippen LogP contribution >= 0.6 is 15.9 Å². The van der Waals surface area contributed by atoms with Gasteiger partial charge in [-0.15, -0.1) is 0 Å². The van der Waals surface area contributed by atoms with Crippen LogP contribution in [0.1, 0.15) is 18.6 Å². The van der Waals surface area contributed by atoms with Gasteiger partial charge < -0.3 is 9.53 Å². The molecule has 0 amide bonds. The van der Waals surface area contributed by atoms with Crippen molar-refractivity contribution in [3.8, 4) is 0 Å². The van der Waals surface area contributed by atoms with Gasteiger partial charge in [-0.25, -0.2) is 0 Å². The lowest BCUT2D eigenvalue weighted by Crippen LogP contribution is -2.33. The molecular weight excluding hydrogens is 312 g/mol. The van der Waals surface area contributed by atoms with E-state index in [9.17, 15) is 9.90 Å². The summed E-state index contributed by atoms with van der Waals surface area (Å²) < 4.78 is 6.97. The highest BCUT2D eigenvalue weighted by atomic mass is 79.9. The lowest BCUT2D eigenvalue weighted by atomic mass is 9.98. The van der Waals surface area contributed by atoms with Crippen molar-refractivity contribution in [1.29, 1.82) is 0 Å². The summed E-state index contributed by atoms with van der Waals surface area (Å²) in [6.07, 6.45) is -0.397. The van der Waals surface area contributed by atoms with Crippen LogP contribution in [0.15, 0.2) is 28.7 Å². The quantitative estimate of drug-likeness (QED) is 0.828. The van der Waals surface area contributed by atoms with E-state index >= 15 is 0 Å². The average Bonchev–Trinajstić information content (AvgIpc) is 2.23. The van der Waals surface area contributed by atoms with Crippen molar-refractivity contribution in [3.63, 3.8) is 0 Å². The first-order chi connectivity index (χ1) is 8.20. The van der Waals surface area contributed by atoms with Gasteiger partial charge in [0.25, 0.3) is 0 Å². The number of hydrogen-bond donors (Lipinski definition) is 1. The first-order valence-corrected chi connectivity index (χ1v) is 10.1. The van der Waals surface area contributed by atoms with Crippen LogP contribution in [0.2, 0.25) is 19.6 Å². The third-order valence-corrected chi connectivity index (χ3v) is 3.96. The van der Waals surface area contributed by atoms with Crippen molar-refractivity contribution in [3.05, 3.63) is 34.3 Å². The Hall–Kier alpha value is -0.653. The molecule has 0 saturated heterocycles. The number of rotatable bonds is 5. The predicted octanol–water partition coefficient (Wildman–Crippen LogP) is 4.06. The van der Waals surface area contributed by atoms with Gasteiger partial charge in [0.05, 0.1) is 12.0 Å². The predicted molar refractivity (Wildman–Crippen MR) is 78.1 cm³/mol. The number of aliphatic carboxylic acids is 1. The van der Waals surface area contributed by atoms with Crippen LogP contribution in [0.25, 0.3) is 0 Å². The maximum absolute atomic E-state index is 11.2. The Labute approximate surface area is 117 Å². The molecule has 1 aromatic carbocycles. The third kappa shape index (κ3) is 4.55. The van der Waals surface area contributed by atoms with Crippen molar-refractivity contribution >= 4 is 30.2 Å². The van der Waals surface area contributed by atoms with E-state index in [1.807, 2.05) is 24.3 Å². The monoisotopic (exact) mass is 330 g/mol. The van der Waals surface area contributed by atoms with Crippen LogP contribution in [-0.2, 0) is 9.22 Å². The average molecular weight is 331 g/mol. The molecule has 5 heteroatoms. The number of benzene rings is 1. The van der Waals surface area contributed by atoms with Gasteiger partial charge in [-0.1, -0.05) is 28.1 Å². The Balaban J connectivity index is 3.08. The summed E-state index contributed by atoms with van der Waals surface area (Å²) in [5.41, 5.74) is 0.904. The number of hydrogen-bond acceptors (Lipinski definition) is 2. The second kappa shape index (κ2) is 5.99. The molecule has 0 aliphatic rings. The molecule has 0 fully saturated rings. The SMILES string of the molecule is C[C@@H](C(=O)O)[C@H](O[Si](C)(C)C)c1cccc(Br)c1. The van der Waals surface area contributed by atoms with Crippen LogP contribution in [0.3, 0.4) is 0 Å². The van der Waals surface area contributed by atoms with E-state index in [1.165, 1.54) is 0 Å². The van der Waals surface area contributed by atoms with E-state index in [1.54, 1.807) is 6.92 Å². The zero-order chi connectivity index (χ0) is 13.9. The Morgan fingerprint density at radius 3 is 2.44 bits per heavy atom. The molecular formula is C13H19BrO3Si. The Kier molecular flexibility index (Phi) is 5.13. The van der Waals surface area contributed by atoms with E-state index in [0.717, 1.165) is 10.0 Å². The summed E-state index contributed by atoms with van der Waals surface area (Å²) >= 11 is 3.40. The molecule has 18 heavy (non-hydrogen) atoms. The third-order valence-electron chi connectivity index (χ3n) is 2.50. The summed E-state index contributed by atoms with van der Waals surface area (Å²) in [5, 5.41) is 9.20. The summed E-state index contributed by atoms with van der Waals surface area (Å²) in [6, 6.07) is 7.65. The zero-order valence-corrected chi connectivity index (χ0v) is 13.7. The highest BCUT2D eigenvalue weighted by Gasteiger charge is 2.30. The fraction of sp³-hybridized carbons (Fsp3) is 0.462. The van der Waals surface area contributed by atoms with Gasteiger partial charge in [-0.2, -0.15) is 0 Å². The van der Waals surface area contributed by atoms with Crippen molar-refractivity contribution in [2.45, 2.75) is 32.7 Å². The minimum atomic E-state index is -1.81. The highest BCUT2D eigenvalue weighted by molar-refractivity contribution is 9.10. The van der Waals surface area contributed by atoms with Crippen LogP contribution in [0.4, 0.5) is 0 Å². The van der Waals surface area contributed by atoms with E-state index < -0.39 is 26.3 Å². The fourth-order valence-electron chi connectivity index (χ4n) is 1.65. The topological polar surface area (TPSA) is 46.5 Å². The summed E-state index contributed by atoms with van der Waals surface area (Å²) in [4.78, 5) is 11.2. The molecule has 0 aliphatic carbocycles. The maximum Gasteiger partial charge on any atom is 0.309 e. The molecule has 0 heterocycles. The molecule has 0 unspecified atom stereocenters. The highest BCUT2D eigenvalue weighted by Crippen LogP contribution is 2.31. The molecule has 0 bridgehead atoms. The molecule has 0 radical (unpaired) electrons. The Morgan fingerprint density at radius 1 is 1.39 bits per heavy atom. The van der Waals surface area contributed by atoms with Gasteiger partial charge in [0.2, 0.25) is 0 Å². The lowest BCUT2D eigenvalue weighted by Gasteiger charge is -2.29. The molecule has 1 aromatic rings. The molecule has 0 spiro atoms.